The van der Waals surface area contributed by atoms with Crippen molar-refractivity contribution in [2.75, 3.05) is 0 Å². The van der Waals surface area contributed by atoms with Crippen molar-refractivity contribution < 1.29 is 17.1 Å². The summed E-state index contributed by atoms with van der Waals surface area (Å²) in [6.07, 6.45) is 1.10. The fourth-order valence-corrected chi connectivity index (χ4v) is 9.52. The summed E-state index contributed by atoms with van der Waals surface area (Å²) in [6, 6.07) is 58.8. The fourth-order valence-electron chi connectivity index (χ4n) is 4.66. The Kier molecular flexibility index (Phi) is 11.1. The molecule has 0 aliphatic rings. The molecule has 0 saturated carbocycles. The molecule has 0 aromatic heterocycles. The maximum Gasteiger partial charge on any atom is 0 e. The minimum Gasteiger partial charge on any atom is -0.747 e. The van der Waals surface area contributed by atoms with E-state index in [-0.39, 0.29) is 17.1 Å². The first kappa shape index (κ1) is 29.0. The van der Waals surface area contributed by atoms with Gasteiger partial charge in [0, 0.05) is 17.1 Å². The zero-order valence-electron chi connectivity index (χ0n) is 22.0. The van der Waals surface area contributed by atoms with Crippen molar-refractivity contribution in [2.24, 2.45) is 0 Å². The van der Waals surface area contributed by atoms with Crippen LogP contribution in [0.2, 0.25) is 0 Å². The van der Waals surface area contributed by atoms with E-state index in [0.29, 0.717) is 0 Å². The van der Waals surface area contributed by atoms with Crippen molar-refractivity contribution in [2.45, 2.75) is 13.3 Å². The van der Waals surface area contributed by atoms with Gasteiger partial charge in [0.25, 0.3) is 0 Å². The van der Waals surface area contributed by atoms with Crippen LogP contribution in [0, 0.1) is 0 Å². The van der Waals surface area contributed by atoms with Crippen LogP contribution in [0.15, 0.2) is 164 Å². The predicted molar refractivity (Wildman–Crippen MR) is 171 cm³/mol. The van der Waals surface area contributed by atoms with Crippen LogP contribution in [0.1, 0.15) is 12.5 Å². The normalized spacial score (nSPS) is 10.5. The van der Waals surface area contributed by atoms with Crippen LogP contribution in [0.25, 0.3) is 0 Å². The topological polar surface area (TPSA) is 0 Å². The van der Waals surface area contributed by atoms with Crippen LogP contribution >= 0.6 is 15.8 Å². The van der Waals surface area contributed by atoms with E-state index in [1.54, 1.807) is 0 Å². The molecule has 0 heterocycles. The van der Waals surface area contributed by atoms with Crippen LogP contribution in [-0.4, -0.2) is 0 Å². The molecule has 0 atom stereocenters. The van der Waals surface area contributed by atoms with Gasteiger partial charge in [0.2, 0.25) is 0 Å². The van der Waals surface area contributed by atoms with E-state index in [1.807, 2.05) is 0 Å². The third-order valence-electron chi connectivity index (χ3n) is 6.46. The second-order valence-corrected chi connectivity index (χ2v) is 13.4. The Bertz CT molecular complexity index is 1400. The Labute approximate surface area is 246 Å². The maximum absolute atomic E-state index is 2.30. The molecule has 0 unspecified atom stereocenters. The van der Waals surface area contributed by atoms with Crippen molar-refractivity contribution in [3.05, 3.63) is 169 Å². The molecule has 0 aliphatic carbocycles. The molecular weight excluding hydrogens is 550 g/mol. The van der Waals surface area contributed by atoms with E-state index in [1.165, 1.54) is 37.4 Å². The van der Waals surface area contributed by atoms with Crippen LogP contribution in [-0.2, 0) is 23.5 Å². The molecule has 200 valence electrons. The van der Waals surface area contributed by atoms with Crippen molar-refractivity contribution >= 4 is 47.7 Å². The summed E-state index contributed by atoms with van der Waals surface area (Å²) < 4.78 is 0. The van der Waals surface area contributed by atoms with Crippen LogP contribution < -0.4 is 31.8 Å². The van der Waals surface area contributed by atoms with Gasteiger partial charge in [-0.2, -0.15) is 6.07 Å². The first-order valence-electron chi connectivity index (χ1n) is 13.1. The molecule has 0 saturated heterocycles. The second-order valence-electron chi connectivity index (χ2n) is 8.95. The van der Waals surface area contributed by atoms with E-state index >= 15 is 0 Å². The summed E-state index contributed by atoms with van der Waals surface area (Å²) in [5, 5.41) is 8.58. The van der Waals surface area contributed by atoms with Crippen molar-refractivity contribution in [3.8, 4) is 0 Å². The van der Waals surface area contributed by atoms with Gasteiger partial charge in [-0.1, -0.05) is 145 Å². The van der Waals surface area contributed by atoms with Crippen molar-refractivity contribution in [3.63, 3.8) is 0 Å². The first-order valence-corrected chi connectivity index (χ1v) is 15.8. The predicted octanol–water partition coefficient (Wildman–Crippen LogP) is 6.89. The summed E-state index contributed by atoms with van der Waals surface area (Å²) >= 11 is 0. The molecule has 0 radical (unpaired) electrons. The van der Waals surface area contributed by atoms with E-state index in [0.717, 1.165) is 6.42 Å². The standard InChI is InChI=1S/C19H18P.C17H14P.Fe/c1-2-16-10-9-15-19(16)20(17-11-5-3-6-12-17)18-13-7-4-8-14-18;1-3-9-15(10-4-1)18(17-13-7-8-14-17)16-11-5-2-6-12-16;/h3-15H,2H2,1H3;1-14H;/q-1;-5;. The molecule has 0 spiro atoms. The molecule has 6 rings (SSSR count). The average Bonchev–Trinajstić information content (AvgIpc) is 3.69. The Balaban J connectivity index is 0.000000177. The average molecular weight is 582 g/mol. The van der Waals surface area contributed by atoms with Crippen LogP contribution in [0.3, 0.4) is 0 Å². The van der Waals surface area contributed by atoms with E-state index < -0.39 is 15.8 Å². The van der Waals surface area contributed by atoms with Gasteiger partial charge in [0.1, 0.15) is 0 Å². The summed E-state index contributed by atoms with van der Waals surface area (Å²) in [7, 11) is -0.845. The molecule has 0 bridgehead atoms. The summed E-state index contributed by atoms with van der Waals surface area (Å²) in [5.74, 6) is 0. The van der Waals surface area contributed by atoms with Gasteiger partial charge in [0.05, 0.1) is 0 Å². The molecular formula is C36H32FeP2-6. The van der Waals surface area contributed by atoms with E-state index in [9.17, 15) is 0 Å². The number of aryl methyl sites for hydroxylation is 1. The number of rotatable bonds is 7. The smallest absolute Gasteiger partial charge is 0 e. The molecule has 0 N–H and O–H groups in total. The Morgan fingerprint density at radius 1 is 0.538 bits per heavy atom. The van der Waals surface area contributed by atoms with Gasteiger partial charge >= 0.3 is 0 Å². The Hall–Kier alpha value is -3.04. The molecule has 0 fully saturated rings. The number of hydrogen-bond acceptors (Lipinski definition) is 0. The maximum atomic E-state index is 2.30. The minimum absolute atomic E-state index is 0. The third kappa shape index (κ3) is 7.33. The molecule has 6 aromatic rings. The second kappa shape index (κ2) is 14.9. The quantitative estimate of drug-likeness (QED) is 0.109. The first-order chi connectivity index (χ1) is 18.8. The zero-order valence-corrected chi connectivity index (χ0v) is 24.9. The molecule has 3 heteroatoms. The third-order valence-corrected chi connectivity index (χ3v) is 11.5. The largest absolute Gasteiger partial charge is 0.747 e. The summed E-state index contributed by atoms with van der Waals surface area (Å²) in [6.45, 7) is 2.24. The molecule has 6 aromatic carbocycles. The molecule has 0 amide bonds. The monoisotopic (exact) mass is 582 g/mol. The van der Waals surface area contributed by atoms with Gasteiger partial charge < -0.3 is 29.6 Å². The number of benzene rings is 4. The van der Waals surface area contributed by atoms with E-state index in [2.05, 4.69) is 171 Å². The summed E-state index contributed by atoms with van der Waals surface area (Å²) in [4.78, 5) is 0. The van der Waals surface area contributed by atoms with Gasteiger partial charge in [-0.3, -0.25) is 0 Å². The molecule has 0 aliphatic heterocycles. The SMILES string of the molecule is CC[c-]1cccc1P(c1ccccc1)c1ccccc1.[Fe].c1ccc(P(c2ccccc2)[c-]2[cH-][cH-][cH-][cH-]2)cc1. The van der Waals surface area contributed by atoms with Crippen LogP contribution in [0.4, 0.5) is 0 Å². The van der Waals surface area contributed by atoms with Gasteiger partial charge in [-0.25, -0.2) is 20.1 Å². The van der Waals surface area contributed by atoms with Crippen LogP contribution in [0.5, 0.6) is 0 Å². The minimum atomic E-state index is -0.436. The Morgan fingerprint density at radius 3 is 1.36 bits per heavy atom. The van der Waals surface area contributed by atoms with Gasteiger partial charge in [-0.05, 0) is 18.5 Å². The zero-order chi connectivity index (χ0) is 26.0. The van der Waals surface area contributed by atoms with Gasteiger partial charge in [0.15, 0.2) is 0 Å². The number of hydrogen-bond donors (Lipinski definition) is 0. The molecule has 0 nitrogen and oxygen atoms in total. The van der Waals surface area contributed by atoms with Gasteiger partial charge in [-0.15, -0.1) is 10.9 Å². The summed E-state index contributed by atoms with van der Waals surface area (Å²) in [5.41, 5.74) is 1.48. The van der Waals surface area contributed by atoms with E-state index in [4.69, 9.17) is 0 Å². The fraction of sp³-hybridized carbons (Fsp3) is 0.0556. The Morgan fingerprint density at radius 2 is 0.949 bits per heavy atom. The molecule has 39 heavy (non-hydrogen) atoms. The van der Waals surface area contributed by atoms with Crippen molar-refractivity contribution in [1.82, 2.24) is 0 Å². The van der Waals surface area contributed by atoms with Crippen molar-refractivity contribution in [1.29, 1.82) is 0 Å².